The summed E-state index contributed by atoms with van der Waals surface area (Å²) < 4.78 is 34.0. The predicted octanol–water partition coefficient (Wildman–Crippen LogP) is 4.18. The number of nitro benzene ring substituents is 1. The average Bonchev–Trinajstić information content (AvgIpc) is 2.61. The highest BCUT2D eigenvalue weighted by Crippen LogP contribution is 2.28. The van der Waals surface area contributed by atoms with Gasteiger partial charge in [0.15, 0.2) is 0 Å². The minimum atomic E-state index is -2.93. The number of hydrogen-bond acceptors (Lipinski definition) is 6. The van der Waals surface area contributed by atoms with E-state index in [2.05, 4.69) is 4.74 Å². The topological polar surface area (TPSA) is 81.9 Å². The number of carbonyl (C=O) groups excluding carboxylic acids is 1. The smallest absolute Gasteiger partial charge is 0.387 e. The molecule has 1 atom stereocenters. The van der Waals surface area contributed by atoms with Crippen molar-refractivity contribution in [3.63, 3.8) is 0 Å². The molecule has 9 heteroatoms. The first-order valence-electron chi connectivity index (χ1n) is 7.90. The van der Waals surface area contributed by atoms with Crippen LogP contribution in [-0.2, 0) is 4.74 Å². The zero-order valence-electron chi connectivity index (χ0n) is 14.9. The maximum absolute atomic E-state index is 12.5. The van der Waals surface area contributed by atoms with Gasteiger partial charge in [-0.1, -0.05) is 12.1 Å². The van der Waals surface area contributed by atoms with Crippen LogP contribution in [0.3, 0.4) is 0 Å². The molecule has 0 bridgehead atoms. The van der Waals surface area contributed by atoms with E-state index in [4.69, 9.17) is 4.74 Å². The molecular formula is C18H18F2N2O5. The van der Waals surface area contributed by atoms with E-state index >= 15 is 0 Å². The first kappa shape index (κ1) is 20.1. The second kappa shape index (κ2) is 8.43. The van der Waals surface area contributed by atoms with Gasteiger partial charge in [0.2, 0.25) is 0 Å². The van der Waals surface area contributed by atoms with Crippen molar-refractivity contribution in [1.29, 1.82) is 0 Å². The number of hydrogen-bond donors (Lipinski definition) is 0. The predicted molar refractivity (Wildman–Crippen MR) is 94.3 cm³/mol. The monoisotopic (exact) mass is 380 g/mol. The number of esters is 1. The van der Waals surface area contributed by atoms with Crippen LogP contribution in [0.2, 0.25) is 0 Å². The molecule has 0 fully saturated rings. The van der Waals surface area contributed by atoms with Gasteiger partial charge in [-0.15, -0.1) is 0 Å². The molecule has 2 aromatic rings. The zero-order valence-corrected chi connectivity index (χ0v) is 14.9. The summed E-state index contributed by atoms with van der Waals surface area (Å²) in [4.78, 5) is 24.6. The molecule has 0 amide bonds. The minimum Gasteiger partial charge on any atom is -0.454 e. The van der Waals surface area contributed by atoms with Crippen LogP contribution in [0.5, 0.6) is 5.75 Å². The molecule has 0 saturated heterocycles. The summed E-state index contributed by atoms with van der Waals surface area (Å²) in [7, 11) is 3.40. The number of benzene rings is 2. The molecule has 0 heterocycles. The summed E-state index contributed by atoms with van der Waals surface area (Å²) in [6.45, 7) is -1.32. The maximum atomic E-state index is 12.5. The van der Waals surface area contributed by atoms with Crippen molar-refractivity contribution in [2.45, 2.75) is 19.6 Å². The van der Waals surface area contributed by atoms with Crippen LogP contribution in [0, 0.1) is 10.1 Å². The average molecular weight is 380 g/mol. The third-order valence-electron chi connectivity index (χ3n) is 3.75. The van der Waals surface area contributed by atoms with Crippen molar-refractivity contribution < 1.29 is 28.0 Å². The number of anilines is 1. The summed E-state index contributed by atoms with van der Waals surface area (Å²) in [5.41, 5.74) is 0.854. The molecule has 2 rings (SSSR count). The van der Waals surface area contributed by atoms with Gasteiger partial charge in [0, 0.05) is 26.2 Å². The van der Waals surface area contributed by atoms with Gasteiger partial charge >= 0.3 is 12.6 Å². The first-order chi connectivity index (χ1) is 12.7. The van der Waals surface area contributed by atoms with Crippen LogP contribution in [0.25, 0.3) is 0 Å². The molecular weight excluding hydrogens is 362 g/mol. The Kier molecular flexibility index (Phi) is 6.27. The zero-order chi connectivity index (χ0) is 20.1. The summed E-state index contributed by atoms with van der Waals surface area (Å²) in [6, 6.07) is 9.60. The van der Waals surface area contributed by atoms with Crippen molar-refractivity contribution in [2.24, 2.45) is 0 Å². The molecule has 0 aliphatic carbocycles. The highest BCUT2D eigenvalue weighted by atomic mass is 19.3. The van der Waals surface area contributed by atoms with Crippen molar-refractivity contribution >= 4 is 17.3 Å². The van der Waals surface area contributed by atoms with Crippen LogP contribution in [0.1, 0.15) is 28.9 Å². The van der Waals surface area contributed by atoms with Crippen molar-refractivity contribution in [3.05, 3.63) is 63.7 Å². The fraction of sp³-hybridized carbons (Fsp3) is 0.278. The Labute approximate surface area is 154 Å². The Morgan fingerprint density at radius 3 is 2.30 bits per heavy atom. The standard InChI is InChI=1S/C18H18F2N2O5/c1-11(12-4-7-14(8-5-12)27-18(19)20)26-17(23)15-10-13(22(24)25)6-9-16(15)21(2)3/h4-11,18H,1-3H3. The van der Waals surface area contributed by atoms with Crippen LogP contribution >= 0.6 is 0 Å². The largest absolute Gasteiger partial charge is 0.454 e. The molecule has 0 aromatic heterocycles. The van der Waals surface area contributed by atoms with Gasteiger partial charge in [0.1, 0.15) is 11.9 Å². The lowest BCUT2D eigenvalue weighted by Gasteiger charge is -2.19. The summed E-state index contributed by atoms with van der Waals surface area (Å²) >= 11 is 0. The third-order valence-corrected chi connectivity index (χ3v) is 3.75. The van der Waals surface area contributed by atoms with Crippen LogP contribution in [-0.4, -0.2) is 31.6 Å². The Hall–Kier alpha value is -3.23. The van der Waals surface area contributed by atoms with Crippen molar-refractivity contribution in [2.75, 3.05) is 19.0 Å². The SMILES string of the molecule is CC(OC(=O)c1cc([N+](=O)[O-])ccc1N(C)C)c1ccc(OC(F)F)cc1. The van der Waals surface area contributed by atoms with Crippen molar-refractivity contribution in [3.8, 4) is 5.75 Å². The minimum absolute atomic E-state index is 0.0131. The van der Waals surface area contributed by atoms with Crippen LogP contribution in [0.4, 0.5) is 20.2 Å². The molecule has 2 aromatic carbocycles. The number of halogens is 2. The normalized spacial score (nSPS) is 11.8. The molecule has 144 valence electrons. The molecule has 27 heavy (non-hydrogen) atoms. The first-order valence-corrected chi connectivity index (χ1v) is 7.90. The second-order valence-electron chi connectivity index (χ2n) is 5.85. The molecule has 0 N–H and O–H groups in total. The molecule has 0 aliphatic rings. The number of rotatable bonds is 7. The third kappa shape index (κ3) is 5.13. The van der Waals surface area contributed by atoms with E-state index in [0.29, 0.717) is 11.3 Å². The number of carbonyl (C=O) groups is 1. The number of non-ortho nitro benzene ring substituents is 1. The van der Waals surface area contributed by atoms with Crippen LogP contribution < -0.4 is 9.64 Å². The van der Waals surface area contributed by atoms with Gasteiger partial charge in [-0.3, -0.25) is 10.1 Å². The van der Waals surface area contributed by atoms with Crippen molar-refractivity contribution in [1.82, 2.24) is 0 Å². The lowest BCUT2D eigenvalue weighted by molar-refractivity contribution is -0.384. The van der Waals surface area contributed by atoms with E-state index in [1.54, 1.807) is 25.9 Å². The van der Waals surface area contributed by atoms with E-state index in [1.165, 1.54) is 36.4 Å². The summed E-state index contributed by atoms with van der Waals surface area (Å²) in [6.07, 6.45) is -0.702. The number of alkyl halides is 2. The fourth-order valence-electron chi connectivity index (χ4n) is 2.40. The van der Waals surface area contributed by atoms with E-state index in [-0.39, 0.29) is 17.0 Å². The van der Waals surface area contributed by atoms with Gasteiger partial charge in [0.05, 0.1) is 16.2 Å². The van der Waals surface area contributed by atoms with Gasteiger partial charge in [-0.2, -0.15) is 8.78 Å². The molecule has 7 nitrogen and oxygen atoms in total. The number of nitro groups is 1. The highest BCUT2D eigenvalue weighted by molar-refractivity contribution is 5.96. The lowest BCUT2D eigenvalue weighted by atomic mass is 10.1. The summed E-state index contributed by atoms with van der Waals surface area (Å²) in [5, 5.41) is 11.0. The molecule has 0 saturated carbocycles. The number of ether oxygens (including phenoxy) is 2. The lowest BCUT2D eigenvalue weighted by Crippen LogP contribution is -2.17. The quantitative estimate of drug-likeness (QED) is 0.407. The van der Waals surface area contributed by atoms with Gasteiger partial charge in [-0.05, 0) is 30.7 Å². The Morgan fingerprint density at radius 2 is 1.78 bits per heavy atom. The second-order valence-corrected chi connectivity index (χ2v) is 5.85. The molecule has 0 spiro atoms. The summed E-state index contributed by atoms with van der Waals surface area (Å²) in [5.74, 6) is -0.747. The Morgan fingerprint density at radius 1 is 1.15 bits per heavy atom. The highest BCUT2D eigenvalue weighted by Gasteiger charge is 2.21. The van der Waals surface area contributed by atoms with E-state index in [9.17, 15) is 23.7 Å². The Bertz CT molecular complexity index is 825. The van der Waals surface area contributed by atoms with Gasteiger partial charge in [0.25, 0.3) is 5.69 Å². The van der Waals surface area contributed by atoms with E-state index < -0.39 is 23.6 Å². The van der Waals surface area contributed by atoms with E-state index in [1.807, 2.05) is 0 Å². The Balaban J connectivity index is 2.20. The van der Waals surface area contributed by atoms with Crippen LogP contribution in [0.15, 0.2) is 42.5 Å². The molecule has 1 unspecified atom stereocenters. The van der Waals surface area contributed by atoms with E-state index in [0.717, 1.165) is 6.07 Å². The molecule has 0 radical (unpaired) electrons. The van der Waals surface area contributed by atoms with Gasteiger partial charge in [-0.25, -0.2) is 4.79 Å². The molecule has 0 aliphatic heterocycles. The maximum Gasteiger partial charge on any atom is 0.387 e. The fourth-order valence-corrected chi connectivity index (χ4v) is 2.40. The number of nitrogens with zero attached hydrogens (tertiary/aromatic N) is 2. The van der Waals surface area contributed by atoms with Gasteiger partial charge < -0.3 is 14.4 Å².